The molecule has 0 heterocycles. The minimum atomic E-state index is -4.78. The number of aromatic hydroxyl groups is 1. The largest absolute Gasteiger partial charge is 0.524 e. The summed E-state index contributed by atoms with van der Waals surface area (Å²) in [7, 11) is -0.592. The summed E-state index contributed by atoms with van der Waals surface area (Å²) in [6, 6.07) is 7.89. The third-order valence-corrected chi connectivity index (χ3v) is 3.79. The predicted molar refractivity (Wildman–Crippen MR) is 95.8 cm³/mol. The van der Waals surface area contributed by atoms with Gasteiger partial charge in [-0.2, -0.15) is 0 Å². The molecule has 0 amide bonds. The van der Waals surface area contributed by atoms with E-state index >= 15 is 0 Å². The number of methoxy groups -OCH3 is 3. The van der Waals surface area contributed by atoms with E-state index in [2.05, 4.69) is 4.52 Å². The average molecular weight is 382 g/mol. The lowest BCUT2D eigenvalue weighted by Crippen LogP contribution is -1.97. The van der Waals surface area contributed by atoms with E-state index in [-0.39, 0.29) is 23.0 Å². The number of hydrogen-bond acceptors (Lipinski definition) is 6. The number of benzene rings is 2. The van der Waals surface area contributed by atoms with E-state index in [1.54, 1.807) is 30.4 Å². The van der Waals surface area contributed by atoms with Crippen LogP contribution in [0.25, 0.3) is 12.2 Å². The summed E-state index contributed by atoms with van der Waals surface area (Å²) in [6.07, 6.45) is 3.36. The topological polar surface area (TPSA) is 115 Å². The standard InChI is InChI=1S/C17H19O8P/c1-22-14-7-6-11(8-13(14)18)4-5-12-9-15(23-2)17(24-3)16(10-12)25-26(19,20)21/h4-10,18H,1-3H3,(H2,19,20,21)/b5-4-. The lowest BCUT2D eigenvalue weighted by atomic mass is 10.1. The van der Waals surface area contributed by atoms with Crippen molar-refractivity contribution in [3.8, 4) is 28.7 Å². The van der Waals surface area contributed by atoms with Gasteiger partial charge in [0.25, 0.3) is 0 Å². The molecule has 9 heteroatoms. The van der Waals surface area contributed by atoms with Crippen LogP contribution in [0.4, 0.5) is 0 Å². The second-order valence-corrected chi connectivity index (χ2v) is 6.26. The molecule has 0 radical (unpaired) electrons. The molecule has 2 aromatic carbocycles. The highest BCUT2D eigenvalue weighted by molar-refractivity contribution is 7.46. The lowest BCUT2D eigenvalue weighted by Gasteiger charge is -2.15. The van der Waals surface area contributed by atoms with Gasteiger partial charge in [-0.25, -0.2) is 4.57 Å². The summed E-state index contributed by atoms with van der Waals surface area (Å²) < 4.78 is 31.1. The molecule has 3 N–H and O–H groups in total. The number of ether oxygens (including phenoxy) is 3. The van der Waals surface area contributed by atoms with Crippen LogP contribution in [-0.2, 0) is 4.57 Å². The minimum absolute atomic E-state index is 0.00696. The second-order valence-electron chi connectivity index (χ2n) is 5.10. The van der Waals surface area contributed by atoms with Gasteiger partial charge in [0.1, 0.15) is 0 Å². The predicted octanol–water partition coefficient (Wildman–Crippen LogP) is 3.06. The van der Waals surface area contributed by atoms with E-state index in [0.29, 0.717) is 16.9 Å². The van der Waals surface area contributed by atoms with Crippen LogP contribution in [0, 0.1) is 0 Å². The summed E-state index contributed by atoms with van der Waals surface area (Å²) in [5.41, 5.74) is 1.23. The molecule has 0 atom stereocenters. The molecule has 8 nitrogen and oxygen atoms in total. The Bertz CT molecular complexity index is 856. The number of phosphoric ester groups is 1. The lowest BCUT2D eigenvalue weighted by molar-refractivity contribution is 0.273. The van der Waals surface area contributed by atoms with Crippen LogP contribution >= 0.6 is 7.82 Å². The monoisotopic (exact) mass is 382 g/mol. The smallest absolute Gasteiger partial charge is 0.504 e. The highest BCUT2D eigenvalue weighted by atomic mass is 31.2. The van der Waals surface area contributed by atoms with E-state index in [4.69, 9.17) is 24.0 Å². The van der Waals surface area contributed by atoms with Gasteiger partial charge in [0.15, 0.2) is 23.0 Å². The Labute approximate surface area is 150 Å². The normalized spacial score (nSPS) is 11.4. The van der Waals surface area contributed by atoms with Crippen LogP contribution in [-0.4, -0.2) is 36.2 Å². The molecule has 26 heavy (non-hydrogen) atoms. The molecular formula is C17H19O8P. The summed E-state index contributed by atoms with van der Waals surface area (Å²) in [4.78, 5) is 18.1. The Kier molecular flexibility index (Phi) is 6.15. The first kappa shape index (κ1) is 19.7. The van der Waals surface area contributed by atoms with Gasteiger partial charge in [-0.05, 0) is 35.4 Å². The molecule has 0 aromatic heterocycles. The van der Waals surface area contributed by atoms with Crippen molar-refractivity contribution in [2.45, 2.75) is 0 Å². The Morgan fingerprint density at radius 1 is 0.846 bits per heavy atom. The average Bonchev–Trinajstić information content (AvgIpc) is 2.58. The van der Waals surface area contributed by atoms with Gasteiger partial charge in [0, 0.05) is 0 Å². The van der Waals surface area contributed by atoms with E-state index in [1.807, 2.05) is 0 Å². The molecule has 0 bridgehead atoms. The van der Waals surface area contributed by atoms with Crippen LogP contribution in [0.15, 0.2) is 30.3 Å². The molecule has 140 valence electrons. The van der Waals surface area contributed by atoms with Crippen LogP contribution in [0.2, 0.25) is 0 Å². The minimum Gasteiger partial charge on any atom is -0.504 e. The van der Waals surface area contributed by atoms with E-state index in [0.717, 1.165) is 0 Å². The highest BCUT2D eigenvalue weighted by Crippen LogP contribution is 2.46. The molecule has 0 saturated heterocycles. The van der Waals surface area contributed by atoms with Gasteiger partial charge in [-0.15, -0.1) is 0 Å². The number of phosphoric acid groups is 1. The quantitative estimate of drug-likeness (QED) is 0.494. The molecule has 0 unspecified atom stereocenters. The van der Waals surface area contributed by atoms with Gasteiger partial charge in [0.05, 0.1) is 21.3 Å². The van der Waals surface area contributed by atoms with Crippen LogP contribution in [0.5, 0.6) is 28.7 Å². The molecular weight excluding hydrogens is 363 g/mol. The highest BCUT2D eigenvalue weighted by Gasteiger charge is 2.22. The maximum Gasteiger partial charge on any atom is 0.524 e. The van der Waals surface area contributed by atoms with Crippen molar-refractivity contribution in [1.29, 1.82) is 0 Å². The number of rotatable bonds is 7. The maximum absolute atomic E-state index is 11.2. The van der Waals surface area contributed by atoms with Crippen molar-refractivity contribution in [3.05, 3.63) is 41.5 Å². The molecule has 0 saturated carbocycles. The summed E-state index contributed by atoms with van der Waals surface area (Å²) in [5, 5.41) is 9.81. The maximum atomic E-state index is 11.2. The van der Waals surface area contributed by atoms with Gasteiger partial charge >= 0.3 is 7.82 Å². The number of hydrogen-bond donors (Lipinski definition) is 3. The van der Waals surface area contributed by atoms with Crippen molar-refractivity contribution in [2.24, 2.45) is 0 Å². The first-order valence-corrected chi connectivity index (χ1v) is 8.86. The van der Waals surface area contributed by atoms with Crippen molar-refractivity contribution in [2.75, 3.05) is 21.3 Å². The van der Waals surface area contributed by atoms with Crippen LogP contribution in [0.3, 0.4) is 0 Å². The third-order valence-electron chi connectivity index (χ3n) is 3.36. The Hall–Kier alpha value is -2.67. The zero-order chi connectivity index (χ0) is 19.3. The SMILES string of the molecule is COc1ccc(/C=C\c2cc(OC)c(OC)c(OP(=O)(O)O)c2)cc1O. The van der Waals surface area contributed by atoms with Crippen LogP contribution in [0.1, 0.15) is 11.1 Å². The van der Waals surface area contributed by atoms with Crippen molar-refractivity contribution in [3.63, 3.8) is 0 Å². The second kappa shape index (κ2) is 8.14. The number of phenols is 1. The molecule has 0 spiro atoms. The first-order chi connectivity index (χ1) is 12.3. The summed E-state index contributed by atoms with van der Waals surface area (Å²) >= 11 is 0. The Morgan fingerprint density at radius 2 is 1.46 bits per heavy atom. The van der Waals surface area contributed by atoms with Gasteiger partial charge in [-0.3, -0.25) is 9.79 Å². The molecule has 0 aliphatic heterocycles. The van der Waals surface area contributed by atoms with Gasteiger partial charge < -0.3 is 23.8 Å². The van der Waals surface area contributed by atoms with Gasteiger partial charge in [0.2, 0.25) is 5.75 Å². The van der Waals surface area contributed by atoms with E-state index in [9.17, 15) is 9.67 Å². The molecule has 0 aliphatic rings. The van der Waals surface area contributed by atoms with Crippen LogP contribution < -0.4 is 18.7 Å². The third kappa shape index (κ3) is 4.92. The first-order valence-electron chi connectivity index (χ1n) is 7.33. The van der Waals surface area contributed by atoms with Gasteiger partial charge in [-0.1, -0.05) is 18.2 Å². The fourth-order valence-corrected chi connectivity index (χ4v) is 2.64. The zero-order valence-electron chi connectivity index (χ0n) is 14.4. The Morgan fingerprint density at radius 3 is 2.00 bits per heavy atom. The fourth-order valence-electron chi connectivity index (χ4n) is 2.25. The summed E-state index contributed by atoms with van der Waals surface area (Å²) in [6.45, 7) is 0. The zero-order valence-corrected chi connectivity index (χ0v) is 15.3. The van der Waals surface area contributed by atoms with Crippen molar-refractivity contribution in [1.82, 2.24) is 0 Å². The summed E-state index contributed by atoms with van der Waals surface area (Å²) in [5.74, 6) is 0.501. The molecule has 0 fully saturated rings. The molecule has 0 aliphatic carbocycles. The van der Waals surface area contributed by atoms with E-state index in [1.165, 1.54) is 33.5 Å². The molecule has 2 rings (SSSR count). The van der Waals surface area contributed by atoms with E-state index < -0.39 is 7.82 Å². The fraction of sp³-hybridized carbons (Fsp3) is 0.176. The molecule has 2 aromatic rings. The Balaban J connectivity index is 2.41. The van der Waals surface area contributed by atoms with Crippen molar-refractivity contribution < 1.29 is 38.2 Å². The number of phenolic OH excluding ortho intramolecular Hbond substituents is 1. The van der Waals surface area contributed by atoms with Crippen molar-refractivity contribution >= 4 is 20.0 Å².